The number of carbonyl (C=O) groups excluding carboxylic acids is 2. The molecule has 0 heterocycles. The van der Waals surface area contributed by atoms with Crippen molar-refractivity contribution < 1.29 is 9.59 Å². The summed E-state index contributed by atoms with van der Waals surface area (Å²) in [6.07, 6.45) is 3.40. The summed E-state index contributed by atoms with van der Waals surface area (Å²) in [6, 6.07) is 19.0. The first kappa shape index (κ1) is 18.9. The van der Waals surface area contributed by atoms with E-state index in [4.69, 9.17) is 0 Å². The van der Waals surface area contributed by atoms with Gasteiger partial charge in [-0.15, -0.1) is 0 Å². The van der Waals surface area contributed by atoms with E-state index in [9.17, 15) is 9.59 Å². The topological polar surface area (TPSA) is 58.2 Å². The zero-order valence-corrected chi connectivity index (χ0v) is 16.7. The summed E-state index contributed by atoms with van der Waals surface area (Å²) in [5.41, 5.74) is 5.27. The number of ketones is 2. The maximum Gasteiger partial charge on any atom is 0.196 e. The first-order valence-corrected chi connectivity index (χ1v) is 10.0. The van der Waals surface area contributed by atoms with E-state index < -0.39 is 0 Å². The van der Waals surface area contributed by atoms with Crippen molar-refractivity contribution in [3.8, 4) is 0 Å². The lowest BCUT2D eigenvalue weighted by Gasteiger charge is -2.23. The maximum atomic E-state index is 13.3. The number of nitrogens with one attached hydrogen (secondary N) is 2. The number of unbranched alkanes of at least 4 members (excludes halogenated alkanes) is 1. The fourth-order valence-electron chi connectivity index (χ4n) is 3.83. The Balaban J connectivity index is 1.75. The van der Waals surface area contributed by atoms with Gasteiger partial charge in [0.15, 0.2) is 11.6 Å². The van der Waals surface area contributed by atoms with Gasteiger partial charge >= 0.3 is 0 Å². The summed E-state index contributed by atoms with van der Waals surface area (Å²) in [5.74, 6) is -0.257. The summed E-state index contributed by atoms with van der Waals surface area (Å²) < 4.78 is 0. The highest BCUT2D eigenvalue weighted by Gasteiger charge is 2.33. The summed E-state index contributed by atoms with van der Waals surface area (Å²) in [7, 11) is 1.76. The number of rotatable bonds is 6. The van der Waals surface area contributed by atoms with Crippen LogP contribution in [-0.2, 0) is 6.42 Å². The Morgan fingerprint density at radius 3 is 1.93 bits per heavy atom. The summed E-state index contributed by atoms with van der Waals surface area (Å²) in [6.45, 7) is 2.18. The van der Waals surface area contributed by atoms with E-state index in [0.717, 1.165) is 12.1 Å². The monoisotopic (exact) mass is 384 g/mol. The van der Waals surface area contributed by atoms with Gasteiger partial charge in [0, 0.05) is 29.5 Å². The molecule has 29 heavy (non-hydrogen) atoms. The summed E-state index contributed by atoms with van der Waals surface area (Å²) in [4.78, 5) is 26.4. The van der Waals surface area contributed by atoms with Gasteiger partial charge in [-0.05, 0) is 42.7 Å². The second kappa shape index (κ2) is 7.92. The van der Waals surface area contributed by atoms with Crippen LogP contribution in [0, 0.1) is 0 Å². The van der Waals surface area contributed by atoms with Gasteiger partial charge in [-0.25, -0.2) is 0 Å². The molecule has 2 N–H and O–H groups in total. The van der Waals surface area contributed by atoms with Crippen LogP contribution >= 0.6 is 0 Å². The van der Waals surface area contributed by atoms with Crippen LogP contribution < -0.4 is 10.6 Å². The van der Waals surface area contributed by atoms with E-state index in [1.807, 2.05) is 24.3 Å². The molecule has 146 valence electrons. The van der Waals surface area contributed by atoms with E-state index in [1.54, 1.807) is 31.3 Å². The van der Waals surface area contributed by atoms with Crippen molar-refractivity contribution in [1.82, 2.24) is 0 Å². The minimum atomic E-state index is -0.130. The minimum absolute atomic E-state index is 0.127. The highest BCUT2D eigenvalue weighted by atomic mass is 16.1. The van der Waals surface area contributed by atoms with Crippen LogP contribution in [0.25, 0.3) is 0 Å². The molecular weight excluding hydrogens is 360 g/mol. The van der Waals surface area contributed by atoms with E-state index in [2.05, 4.69) is 29.7 Å². The second-order valence-corrected chi connectivity index (χ2v) is 7.29. The molecule has 4 rings (SSSR count). The van der Waals surface area contributed by atoms with E-state index in [0.29, 0.717) is 33.6 Å². The number of benzene rings is 3. The van der Waals surface area contributed by atoms with Gasteiger partial charge in [0.05, 0.1) is 16.8 Å². The highest BCUT2D eigenvalue weighted by Crippen LogP contribution is 2.37. The Hall–Kier alpha value is -3.40. The molecular formula is C25H24N2O2. The van der Waals surface area contributed by atoms with Crippen molar-refractivity contribution >= 4 is 28.6 Å². The molecule has 0 radical (unpaired) electrons. The largest absolute Gasteiger partial charge is 0.388 e. The average Bonchev–Trinajstić information content (AvgIpc) is 2.76. The van der Waals surface area contributed by atoms with Crippen LogP contribution in [-0.4, -0.2) is 18.6 Å². The zero-order chi connectivity index (χ0) is 20.4. The molecule has 0 unspecified atom stereocenters. The SMILES string of the molecule is CCCCc1ccc(Nc2ccc(NC)c3c2C(=O)c2ccccc2C3=O)cc1. The first-order valence-electron chi connectivity index (χ1n) is 10.0. The van der Waals surface area contributed by atoms with Gasteiger partial charge < -0.3 is 10.6 Å². The van der Waals surface area contributed by atoms with Crippen molar-refractivity contribution in [3.05, 3.63) is 88.5 Å². The molecule has 1 aliphatic carbocycles. The third kappa shape index (κ3) is 3.42. The predicted molar refractivity (Wildman–Crippen MR) is 118 cm³/mol. The Bertz CT molecular complexity index is 1080. The Labute approximate surface area is 171 Å². The molecule has 0 spiro atoms. The first-order chi connectivity index (χ1) is 14.1. The number of anilines is 3. The van der Waals surface area contributed by atoms with E-state index >= 15 is 0 Å². The average molecular weight is 384 g/mol. The van der Waals surface area contributed by atoms with Gasteiger partial charge in [0.25, 0.3) is 0 Å². The van der Waals surface area contributed by atoms with Crippen LogP contribution in [0.15, 0.2) is 60.7 Å². The zero-order valence-electron chi connectivity index (χ0n) is 16.7. The number of fused-ring (bicyclic) bond motifs is 2. The lowest BCUT2D eigenvalue weighted by Crippen LogP contribution is -2.23. The molecule has 0 bridgehead atoms. The molecule has 0 amide bonds. The lowest BCUT2D eigenvalue weighted by molar-refractivity contribution is 0.0980. The Kier molecular flexibility index (Phi) is 5.17. The van der Waals surface area contributed by atoms with Crippen molar-refractivity contribution in [1.29, 1.82) is 0 Å². The molecule has 0 aromatic heterocycles. The highest BCUT2D eigenvalue weighted by molar-refractivity contribution is 6.32. The van der Waals surface area contributed by atoms with Crippen molar-refractivity contribution in [2.75, 3.05) is 17.7 Å². The van der Waals surface area contributed by atoms with E-state index in [-0.39, 0.29) is 11.6 Å². The fourth-order valence-corrected chi connectivity index (χ4v) is 3.83. The maximum absolute atomic E-state index is 13.3. The van der Waals surface area contributed by atoms with Crippen molar-refractivity contribution in [3.63, 3.8) is 0 Å². The molecule has 1 aliphatic rings. The third-order valence-electron chi connectivity index (χ3n) is 5.40. The molecule has 4 heteroatoms. The van der Waals surface area contributed by atoms with Crippen LogP contribution in [0.2, 0.25) is 0 Å². The number of aryl methyl sites for hydroxylation is 1. The molecule has 0 saturated carbocycles. The quantitative estimate of drug-likeness (QED) is 0.455. The van der Waals surface area contributed by atoms with Crippen LogP contribution in [0.3, 0.4) is 0 Å². The number of carbonyl (C=O) groups is 2. The fraction of sp³-hybridized carbons (Fsp3) is 0.200. The van der Waals surface area contributed by atoms with Gasteiger partial charge in [0.2, 0.25) is 0 Å². The van der Waals surface area contributed by atoms with Gasteiger partial charge in [-0.3, -0.25) is 9.59 Å². The molecule has 0 fully saturated rings. The van der Waals surface area contributed by atoms with Gasteiger partial charge in [-0.1, -0.05) is 49.7 Å². The Morgan fingerprint density at radius 2 is 1.34 bits per heavy atom. The van der Waals surface area contributed by atoms with Crippen LogP contribution in [0.1, 0.15) is 57.2 Å². The summed E-state index contributed by atoms with van der Waals surface area (Å²) in [5, 5.41) is 6.40. The van der Waals surface area contributed by atoms with Crippen molar-refractivity contribution in [2.45, 2.75) is 26.2 Å². The molecule has 4 nitrogen and oxygen atoms in total. The van der Waals surface area contributed by atoms with Crippen molar-refractivity contribution in [2.24, 2.45) is 0 Å². The third-order valence-corrected chi connectivity index (χ3v) is 5.40. The molecule has 0 atom stereocenters. The van der Waals surface area contributed by atoms with Gasteiger partial charge in [-0.2, -0.15) is 0 Å². The molecule has 3 aromatic carbocycles. The number of hydrogen-bond acceptors (Lipinski definition) is 4. The second-order valence-electron chi connectivity index (χ2n) is 7.29. The van der Waals surface area contributed by atoms with E-state index in [1.165, 1.54) is 18.4 Å². The lowest BCUT2D eigenvalue weighted by atomic mass is 9.82. The normalized spacial score (nSPS) is 12.3. The molecule has 0 aliphatic heterocycles. The smallest absolute Gasteiger partial charge is 0.196 e. The van der Waals surface area contributed by atoms with Gasteiger partial charge in [0.1, 0.15) is 0 Å². The van der Waals surface area contributed by atoms with Crippen LogP contribution in [0.4, 0.5) is 17.1 Å². The minimum Gasteiger partial charge on any atom is -0.388 e. The van der Waals surface area contributed by atoms with Crippen LogP contribution in [0.5, 0.6) is 0 Å². The Morgan fingerprint density at radius 1 is 0.759 bits per heavy atom. The number of hydrogen-bond donors (Lipinski definition) is 2. The molecule has 0 saturated heterocycles. The standard InChI is InChI=1S/C25H24N2O2/c1-3-4-7-16-10-12-17(13-11-16)27-21-15-14-20(26-2)22-23(21)25(29)19-9-6-5-8-18(19)24(22)28/h5-6,8-15,26-27H,3-4,7H2,1-2H3. The molecule has 3 aromatic rings. The predicted octanol–water partition coefficient (Wildman–Crippen LogP) is 5.59. The summed E-state index contributed by atoms with van der Waals surface area (Å²) >= 11 is 0.